The van der Waals surface area contributed by atoms with Crippen LogP contribution in [0.1, 0.15) is 48.0 Å². The van der Waals surface area contributed by atoms with E-state index in [1.165, 1.54) is 27.9 Å². The normalized spacial score (nSPS) is 33.8. The molecule has 0 spiro atoms. The number of aliphatic hydroxyl groups is 2. The van der Waals surface area contributed by atoms with Gasteiger partial charge in [-0.25, -0.2) is 0 Å². The van der Waals surface area contributed by atoms with Crippen molar-refractivity contribution >= 4 is 26.2 Å². The lowest BCUT2D eigenvalue weighted by Gasteiger charge is -2.46. The molecule has 2 aliphatic rings. The van der Waals surface area contributed by atoms with Crippen LogP contribution in [-0.4, -0.2) is 112 Å². The molecule has 0 amide bonds. The summed E-state index contributed by atoms with van der Waals surface area (Å²) >= 11 is 0. The molecule has 39 heavy (non-hydrogen) atoms. The van der Waals surface area contributed by atoms with E-state index < -0.39 is 81.5 Å². The first-order valence-electron chi connectivity index (χ1n) is 12.9. The van der Waals surface area contributed by atoms with E-state index in [1.54, 1.807) is 0 Å². The molecule has 0 aromatic heterocycles. The van der Waals surface area contributed by atoms with Crippen LogP contribution in [0.3, 0.4) is 0 Å². The highest BCUT2D eigenvalue weighted by Crippen LogP contribution is 2.37. The highest BCUT2D eigenvalue weighted by atomic mass is 28.4. The number of aliphatic hydroxyl groups excluding tert-OH is 2. The highest BCUT2D eigenvalue weighted by Gasteiger charge is 2.50. The van der Waals surface area contributed by atoms with Gasteiger partial charge in [0.1, 0.15) is 43.2 Å². The standard InChI is InChI=1S/C25H44O13Si/c1-13(26)32-11-18-22(35-15(3)28)16(34-14(2)27)10-19(36-18)38-23-20(29)17(37-24(31-7)21(23)30)12-33-39(8,9)25(4,5)6/h16-24,29-30H,10-12H2,1-9H3/t16-,17-,18-,19?,20-,21+,22+,23+,24+/m1/s1. The van der Waals surface area contributed by atoms with Crippen LogP contribution in [0.25, 0.3) is 0 Å². The summed E-state index contributed by atoms with van der Waals surface area (Å²) in [7, 11) is -0.849. The number of ether oxygens (including phenoxy) is 7. The van der Waals surface area contributed by atoms with Crippen LogP contribution in [0.4, 0.5) is 0 Å². The Hall–Kier alpha value is -1.65. The van der Waals surface area contributed by atoms with Crippen molar-refractivity contribution in [1.82, 2.24) is 0 Å². The van der Waals surface area contributed by atoms with Crippen molar-refractivity contribution in [3.63, 3.8) is 0 Å². The van der Waals surface area contributed by atoms with Gasteiger partial charge in [-0.2, -0.15) is 0 Å². The van der Waals surface area contributed by atoms with Crippen molar-refractivity contribution in [3.8, 4) is 0 Å². The maximum absolute atomic E-state index is 11.8. The van der Waals surface area contributed by atoms with Gasteiger partial charge in [-0.1, -0.05) is 20.8 Å². The summed E-state index contributed by atoms with van der Waals surface area (Å²) in [4.78, 5) is 35.0. The minimum absolute atomic E-state index is 0.0370. The SMILES string of the molecule is CO[C@H]1O[C@H](CO[Si](C)(C)C(C)(C)C)[C@@H](O)[C@H](OC2C[C@@H](OC(C)=O)[C@H](OC(C)=O)[C@@H](COC(C)=O)O2)[C@@H]1O. The minimum atomic E-state index is -2.20. The van der Waals surface area contributed by atoms with Gasteiger partial charge in [-0.3, -0.25) is 14.4 Å². The van der Waals surface area contributed by atoms with E-state index in [-0.39, 0.29) is 24.7 Å². The number of methoxy groups -OCH3 is 1. The predicted octanol–water partition coefficient (Wildman–Crippen LogP) is 1.03. The summed E-state index contributed by atoms with van der Waals surface area (Å²) in [5.74, 6) is -1.90. The predicted molar refractivity (Wildman–Crippen MR) is 137 cm³/mol. The van der Waals surface area contributed by atoms with Gasteiger partial charge < -0.3 is 47.8 Å². The fraction of sp³-hybridized carbons (Fsp3) is 0.880. The van der Waals surface area contributed by atoms with Crippen LogP contribution in [0, 0.1) is 0 Å². The van der Waals surface area contributed by atoms with Crippen LogP contribution in [0.2, 0.25) is 18.1 Å². The summed E-state index contributed by atoms with van der Waals surface area (Å²) in [6.45, 7) is 13.7. The minimum Gasteiger partial charge on any atom is -0.463 e. The molecule has 13 nitrogen and oxygen atoms in total. The van der Waals surface area contributed by atoms with Gasteiger partial charge >= 0.3 is 17.9 Å². The lowest BCUT2D eigenvalue weighted by molar-refractivity contribution is -0.340. The zero-order valence-electron chi connectivity index (χ0n) is 24.2. The molecule has 0 bridgehead atoms. The lowest BCUT2D eigenvalue weighted by atomic mass is 9.98. The van der Waals surface area contributed by atoms with Gasteiger partial charge in [-0.05, 0) is 18.1 Å². The van der Waals surface area contributed by atoms with Crippen molar-refractivity contribution in [2.75, 3.05) is 20.3 Å². The van der Waals surface area contributed by atoms with Gasteiger partial charge in [0.05, 0.1) is 6.61 Å². The average Bonchev–Trinajstić information content (AvgIpc) is 2.80. The zero-order chi connectivity index (χ0) is 29.7. The number of rotatable bonds is 10. The molecule has 0 aromatic carbocycles. The van der Waals surface area contributed by atoms with Crippen LogP contribution >= 0.6 is 0 Å². The molecule has 2 aliphatic heterocycles. The van der Waals surface area contributed by atoms with Gasteiger partial charge in [0.2, 0.25) is 0 Å². The fourth-order valence-corrected chi connectivity index (χ4v) is 5.08. The van der Waals surface area contributed by atoms with Crippen molar-refractivity contribution in [1.29, 1.82) is 0 Å². The largest absolute Gasteiger partial charge is 0.463 e. The monoisotopic (exact) mass is 580 g/mol. The van der Waals surface area contributed by atoms with E-state index in [4.69, 9.17) is 37.6 Å². The average molecular weight is 581 g/mol. The zero-order valence-corrected chi connectivity index (χ0v) is 25.2. The molecule has 14 heteroatoms. The van der Waals surface area contributed by atoms with Crippen molar-refractivity contribution in [3.05, 3.63) is 0 Å². The first kappa shape index (κ1) is 33.6. The molecule has 0 radical (unpaired) electrons. The van der Waals surface area contributed by atoms with Crippen LogP contribution in [0.5, 0.6) is 0 Å². The molecule has 0 aromatic rings. The molecule has 2 saturated heterocycles. The molecule has 2 rings (SSSR count). The van der Waals surface area contributed by atoms with Crippen molar-refractivity contribution in [2.24, 2.45) is 0 Å². The van der Waals surface area contributed by atoms with Gasteiger partial charge in [0.25, 0.3) is 0 Å². The summed E-state index contributed by atoms with van der Waals surface area (Å²) in [6, 6.07) is 0. The maximum Gasteiger partial charge on any atom is 0.303 e. The number of esters is 3. The summed E-state index contributed by atoms with van der Waals surface area (Å²) in [5.41, 5.74) is 0. The second kappa shape index (κ2) is 13.8. The van der Waals surface area contributed by atoms with E-state index in [0.717, 1.165) is 0 Å². The van der Waals surface area contributed by atoms with E-state index in [9.17, 15) is 24.6 Å². The summed E-state index contributed by atoms with van der Waals surface area (Å²) in [5, 5.41) is 22.0. The number of hydrogen-bond donors (Lipinski definition) is 2. The van der Waals surface area contributed by atoms with Crippen molar-refractivity contribution < 1.29 is 62.2 Å². The Morgan fingerprint density at radius 1 is 0.872 bits per heavy atom. The van der Waals surface area contributed by atoms with Gasteiger partial charge in [-0.15, -0.1) is 0 Å². The first-order valence-corrected chi connectivity index (χ1v) is 15.8. The lowest BCUT2D eigenvalue weighted by Crippen LogP contribution is -2.63. The second-order valence-corrected chi connectivity index (χ2v) is 16.1. The van der Waals surface area contributed by atoms with E-state index >= 15 is 0 Å². The Kier molecular flexibility index (Phi) is 11.9. The Bertz CT molecular complexity index is 844. The van der Waals surface area contributed by atoms with Crippen LogP contribution < -0.4 is 0 Å². The van der Waals surface area contributed by atoms with E-state index in [0.29, 0.717) is 0 Å². The van der Waals surface area contributed by atoms with E-state index in [2.05, 4.69) is 33.9 Å². The third-order valence-electron chi connectivity index (χ3n) is 7.15. The Morgan fingerprint density at radius 2 is 1.49 bits per heavy atom. The summed E-state index contributed by atoms with van der Waals surface area (Å²) in [6.07, 6.45) is -10.5. The maximum atomic E-state index is 11.8. The Balaban J connectivity index is 2.26. The third kappa shape index (κ3) is 9.18. The third-order valence-corrected chi connectivity index (χ3v) is 11.7. The molecule has 2 fully saturated rings. The van der Waals surface area contributed by atoms with E-state index in [1.807, 2.05) is 0 Å². The second-order valence-electron chi connectivity index (χ2n) is 11.3. The number of carbonyl (C=O) groups is 3. The molecule has 226 valence electrons. The van der Waals surface area contributed by atoms with Crippen LogP contribution in [-0.2, 0) is 52.0 Å². The number of hydrogen-bond acceptors (Lipinski definition) is 13. The molecular weight excluding hydrogens is 536 g/mol. The molecule has 1 unspecified atom stereocenters. The smallest absolute Gasteiger partial charge is 0.303 e. The first-order chi connectivity index (χ1) is 18.0. The van der Waals surface area contributed by atoms with Crippen molar-refractivity contribution in [2.45, 2.75) is 121 Å². The molecular formula is C25H44O13Si. The molecule has 2 N–H and O–H groups in total. The topological polar surface area (TPSA) is 166 Å². The Morgan fingerprint density at radius 3 is 2.00 bits per heavy atom. The van der Waals surface area contributed by atoms with Gasteiger partial charge in [0, 0.05) is 34.3 Å². The number of carbonyl (C=O) groups excluding carboxylic acids is 3. The highest BCUT2D eigenvalue weighted by molar-refractivity contribution is 6.74. The van der Waals surface area contributed by atoms with Crippen LogP contribution in [0.15, 0.2) is 0 Å². The molecule has 9 atom stereocenters. The summed E-state index contributed by atoms with van der Waals surface area (Å²) < 4.78 is 45.0. The van der Waals surface area contributed by atoms with Gasteiger partial charge in [0.15, 0.2) is 27.0 Å². The molecule has 0 aliphatic carbocycles. The fourth-order valence-electron chi connectivity index (χ4n) is 4.06. The molecule has 2 heterocycles. The molecule has 0 saturated carbocycles. The quantitative estimate of drug-likeness (QED) is 0.214. The Labute approximate surface area is 230 Å².